The molecule has 5 nitrogen and oxygen atoms in total. The van der Waals surface area contributed by atoms with Crippen LogP contribution in [0.15, 0.2) is 40.8 Å². The molecule has 118 valence electrons. The Morgan fingerprint density at radius 3 is 2.87 bits per heavy atom. The van der Waals surface area contributed by atoms with Crippen LogP contribution in [-0.2, 0) is 4.79 Å². The minimum Gasteiger partial charge on any atom is -0.507 e. The number of nitrogens with one attached hydrogen (secondary N) is 1. The van der Waals surface area contributed by atoms with Gasteiger partial charge in [-0.15, -0.1) is 0 Å². The van der Waals surface area contributed by atoms with Gasteiger partial charge in [0.25, 0.3) is 0 Å². The number of carbonyl (C=O) groups excluding carboxylic acids is 1. The predicted octanol–water partition coefficient (Wildman–Crippen LogP) is 4.25. The zero-order valence-electron chi connectivity index (χ0n) is 13.1. The molecule has 0 aliphatic rings. The number of phenols is 1. The van der Waals surface area contributed by atoms with Crippen LogP contribution in [0.2, 0.25) is 0 Å². The summed E-state index contributed by atoms with van der Waals surface area (Å²) in [7, 11) is 0. The normalized spacial score (nSPS) is 10.9. The summed E-state index contributed by atoms with van der Waals surface area (Å²) in [5.74, 6) is 0.328. The molecule has 0 aliphatic heterocycles. The number of aromatic hydroxyl groups is 1. The van der Waals surface area contributed by atoms with E-state index in [9.17, 15) is 9.90 Å². The Labute approximate surface area is 134 Å². The van der Waals surface area contributed by atoms with Gasteiger partial charge in [-0.25, -0.2) is 4.98 Å². The minimum absolute atomic E-state index is 0.0572. The van der Waals surface area contributed by atoms with Gasteiger partial charge < -0.3 is 14.8 Å². The largest absolute Gasteiger partial charge is 0.507 e. The molecule has 0 unspecified atom stereocenters. The number of rotatable bonds is 4. The summed E-state index contributed by atoms with van der Waals surface area (Å²) in [5, 5.41) is 12.9. The summed E-state index contributed by atoms with van der Waals surface area (Å²) in [6.45, 7) is 3.93. The molecular weight excluding hydrogens is 292 g/mol. The van der Waals surface area contributed by atoms with Gasteiger partial charge in [0, 0.05) is 12.1 Å². The van der Waals surface area contributed by atoms with E-state index >= 15 is 0 Å². The average Bonchev–Trinajstić information content (AvgIpc) is 2.92. The summed E-state index contributed by atoms with van der Waals surface area (Å²) in [6.07, 6.45) is 1.24. The summed E-state index contributed by atoms with van der Waals surface area (Å²) >= 11 is 0. The molecule has 5 heteroatoms. The fourth-order valence-electron chi connectivity index (χ4n) is 2.39. The molecule has 0 saturated heterocycles. The van der Waals surface area contributed by atoms with Gasteiger partial charge in [0.05, 0.1) is 5.56 Å². The van der Waals surface area contributed by atoms with E-state index in [0.717, 1.165) is 17.5 Å². The Morgan fingerprint density at radius 1 is 1.26 bits per heavy atom. The van der Waals surface area contributed by atoms with E-state index < -0.39 is 0 Å². The van der Waals surface area contributed by atoms with Crippen LogP contribution in [0.5, 0.6) is 5.75 Å². The van der Waals surface area contributed by atoms with Gasteiger partial charge in [-0.05, 0) is 49.2 Å². The maximum Gasteiger partial charge on any atom is 0.231 e. The van der Waals surface area contributed by atoms with E-state index in [2.05, 4.69) is 10.3 Å². The molecule has 1 heterocycles. The van der Waals surface area contributed by atoms with Gasteiger partial charge in [0.15, 0.2) is 5.58 Å². The molecule has 0 bridgehead atoms. The van der Waals surface area contributed by atoms with Crippen LogP contribution in [0.3, 0.4) is 0 Å². The third-order valence-electron chi connectivity index (χ3n) is 3.53. The molecule has 0 aliphatic carbocycles. The van der Waals surface area contributed by atoms with Crippen molar-refractivity contribution >= 4 is 22.7 Å². The summed E-state index contributed by atoms with van der Waals surface area (Å²) in [6, 6.07) is 10.6. The lowest BCUT2D eigenvalue weighted by molar-refractivity contribution is -0.116. The van der Waals surface area contributed by atoms with Crippen molar-refractivity contribution in [3.8, 4) is 17.2 Å². The molecule has 1 aromatic heterocycles. The first-order chi connectivity index (χ1) is 11.1. The highest BCUT2D eigenvalue weighted by atomic mass is 16.3. The van der Waals surface area contributed by atoms with E-state index in [1.165, 1.54) is 6.07 Å². The van der Waals surface area contributed by atoms with Crippen molar-refractivity contribution in [3.63, 3.8) is 0 Å². The van der Waals surface area contributed by atoms with Crippen molar-refractivity contribution in [2.75, 3.05) is 5.32 Å². The monoisotopic (exact) mass is 310 g/mol. The second-order valence-corrected chi connectivity index (χ2v) is 5.52. The lowest BCUT2D eigenvalue weighted by atomic mass is 10.1. The first-order valence-electron chi connectivity index (χ1n) is 7.57. The van der Waals surface area contributed by atoms with Crippen LogP contribution >= 0.6 is 0 Å². The number of carbonyl (C=O) groups is 1. The van der Waals surface area contributed by atoms with Crippen LogP contribution in [0.1, 0.15) is 25.3 Å². The molecule has 3 rings (SSSR count). The number of aromatic nitrogens is 1. The number of benzene rings is 2. The Bertz CT molecular complexity index is 868. The number of hydrogen-bond acceptors (Lipinski definition) is 4. The fourth-order valence-corrected chi connectivity index (χ4v) is 2.39. The molecule has 1 amide bonds. The van der Waals surface area contributed by atoms with Crippen LogP contribution in [0.4, 0.5) is 5.69 Å². The number of hydrogen-bond donors (Lipinski definition) is 2. The molecule has 23 heavy (non-hydrogen) atoms. The molecule has 0 atom stereocenters. The van der Waals surface area contributed by atoms with Crippen LogP contribution < -0.4 is 5.32 Å². The zero-order chi connectivity index (χ0) is 16.4. The van der Waals surface area contributed by atoms with Crippen molar-refractivity contribution in [1.82, 2.24) is 4.98 Å². The van der Waals surface area contributed by atoms with Crippen molar-refractivity contribution in [1.29, 1.82) is 0 Å². The Balaban J connectivity index is 1.98. The van der Waals surface area contributed by atoms with E-state index in [0.29, 0.717) is 29.1 Å². The maximum absolute atomic E-state index is 11.7. The number of aryl methyl sites for hydroxylation is 1. The minimum atomic E-state index is -0.0580. The Hall–Kier alpha value is -2.82. The molecule has 2 aromatic carbocycles. The second-order valence-electron chi connectivity index (χ2n) is 5.52. The van der Waals surface area contributed by atoms with Gasteiger partial charge in [0.1, 0.15) is 11.3 Å². The van der Waals surface area contributed by atoms with E-state index in [4.69, 9.17) is 4.42 Å². The number of oxazole rings is 1. The SMILES string of the molecule is CCCC(=O)Nc1ccc(O)c(-c2nc3cc(C)ccc3o2)c1. The standard InChI is InChI=1S/C18H18N2O3/c1-3-4-17(22)19-12-6-7-15(21)13(10-12)18-20-14-9-11(2)5-8-16(14)23-18/h5-10,21H,3-4H2,1-2H3,(H,19,22). The van der Waals surface area contributed by atoms with Crippen LogP contribution in [0, 0.1) is 6.92 Å². The summed E-state index contributed by atoms with van der Waals surface area (Å²) in [4.78, 5) is 16.1. The summed E-state index contributed by atoms with van der Waals surface area (Å²) in [5.41, 5.74) is 3.54. The molecule has 0 spiro atoms. The zero-order valence-corrected chi connectivity index (χ0v) is 13.1. The topological polar surface area (TPSA) is 75.4 Å². The van der Waals surface area contributed by atoms with Gasteiger partial charge in [-0.2, -0.15) is 0 Å². The first kappa shape index (κ1) is 15.1. The number of phenolic OH excluding ortho intramolecular Hbond substituents is 1. The third kappa shape index (κ3) is 3.18. The van der Waals surface area contributed by atoms with Gasteiger partial charge in [-0.3, -0.25) is 4.79 Å². The number of fused-ring (bicyclic) bond motifs is 1. The second kappa shape index (κ2) is 6.12. The highest BCUT2D eigenvalue weighted by Crippen LogP contribution is 2.33. The van der Waals surface area contributed by atoms with E-state index in [1.54, 1.807) is 12.1 Å². The molecule has 2 N–H and O–H groups in total. The smallest absolute Gasteiger partial charge is 0.231 e. The van der Waals surface area contributed by atoms with Crippen molar-refractivity contribution in [2.45, 2.75) is 26.7 Å². The van der Waals surface area contributed by atoms with Crippen LogP contribution in [0.25, 0.3) is 22.6 Å². The molecule has 3 aromatic rings. The predicted molar refractivity (Wildman–Crippen MR) is 89.4 cm³/mol. The lowest BCUT2D eigenvalue weighted by Crippen LogP contribution is -2.10. The number of amides is 1. The first-order valence-corrected chi connectivity index (χ1v) is 7.57. The maximum atomic E-state index is 11.7. The van der Waals surface area contributed by atoms with Gasteiger partial charge in [-0.1, -0.05) is 13.0 Å². The fraction of sp³-hybridized carbons (Fsp3) is 0.222. The number of anilines is 1. The Kier molecular flexibility index (Phi) is 4.02. The lowest BCUT2D eigenvalue weighted by Gasteiger charge is -2.07. The highest BCUT2D eigenvalue weighted by Gasteiger charge is 2.14. The molecule has 0 fully saturated rings. The van der Waals surface area contributed by atoms with Crippen molar-refractivity contribution in [2.24, 2.45) is 0 Å². The quantitative estimate of drug-likeness (QED) is 0.706. The highest BCUT2D eigenvalue weighted by molar-refractivity contribution is 5.91. The molecule has 0 radical (unpaired) electrons. The molecular formula is C18H18N2O3. The summed E-state index contributed by atoms with van der Waals surface area (Å²) < 4.78 is 5.71. The van der Waals surface area contributed by atoms with E-state index in [1.807, 2.05) is 32.0 Å². The van der Waals surface area contributed by atoms with Gasteiger partial charge >= 0.3 is 0 Å². The van der Waals surface area contributed by atoms with Crippen molar-refractivity contribution < 1.29 is 14.3 Å². The molecule has 0 saturated carbocycles. The average molecular weight is 310 g/mol. The van der Waals surface area contributed by atoms with Crippen LogP contribution in [-0.4, -0.2) is 16.0 Å². The van der Waals surface area contributed by atoms with Gasteiger partial charge in [0.2, 0.25) is 11.8 Å². The third-order valence-corrected chi connectivity index (χ3v) is 3.53. The van der Waals surface area contributed by atoms with Crippen molar-refractivity contribution in [3.05, 3.63) is 42.0 Å². The Morgan fingerprint density at radius 2 is 2.09 bits per heavy atom. The van der Waals surface area contributed by atoms with E-state index in [-0.39, 0.29) is 11.7 Å². The number of nitrogens with zero attached hydrogens (tertiary/aromatic N) is 1.